The van der Waals surface area contributed by atoms with Crippen molar-refractivity contribution >= 4 is 33.3 Å². The minimum absolute atomic E-state index is 0.0568. The number of hydrogen-bond acceptors (Lipinski definition) is 2. The van der Waals surface area contributed by atoms with Crippen LogP contribution in [0, 0.1) is 0 Å². The van der Waals surface area contributed by atoms with Gasteiger partial charge in [0.25, 0.3) is 0 Å². The van der Waals surface area contributed by atoms with Gasteiger partial charge in [0.15, 0.2) is 5.78 Å². The Balaban J connectivity index is 1.91. The lowest BCUT2D eigenvalue weighted by atomic mass is 10.1. The molecule has 2 heteroatoms. The van der Waals surface area contributed by atoms with E-state index in [1.165, 1.54) is 0 Å². The summed E-state index contributed by atoms with van der Waals surface area (Å²) in [5, 5.41) is 2.97. The van der Waals surface area contributed by atoms with Crippen molar-refractivity contribution in [3.8, 4) is 0 Å². The highest BCUT2D eigenvalue weighted by Crippen LogP contribution is 2.26. The number of hydrogen-bond donors (Lipinski definition) is 0. The van der Waals surface area contributed by atoms with Crippen LogP contribution in [-0.4, -0.2) is 5.78 Å². The van der Waals surface area contributed by atoms with E-state index < -0.39 is 0 Å². The molecule has 0 atom stereocenters. The summed E-state index contributed by atoms with van der Waals surface area (Å²) in [5.74, 6) is 0.0568. The summed E-state index contributed by atoms with van der Waals surface area (Å²) in [4.78, 5) is 12.2. The standard InChI is InChI=1S/C17H12OS/c18-16(11-10-13-6-2-1-3-7-13)15-12-19-17-9-5-4-8-14(15)17/h1-12H. The predicted molar refractivity (Wildman–Crippen MR) is 81.6 cm³/mol. The first-order valence-corrected chi connectivity index (χ1v) is 6.96. The fraction of sp³-hybridized carbons (Fsp3) is 0. The van der Waals surface area contributed by atoms with Gasteiger partial charge in [0.2, 0.25) is 0 Å². The van der Waals surface area contributed by atoms with E-state index in [2.05, 4.69) is 0 Å². The smallest absolute Gasteiger partial charge is 0.187 e. The Morgan fingerprint density at radius 1 is 0.947 bits per heavy atom. The third kappa shape index (κ3) is 2.49. The Kier molecular flexibility index (Phi) is 3.25. The molecule has 2 aromatic carbocycles. The zero-order chi connectivity index (χ0) is 13.1. The summed E-state index contributed by atoms with van der Waals surface area (Å²) in [6.45, 7) is 0. The molecule has 3 rings (SSSR count). The van der Waals surface area contributed by atoms with E-state index in [0.29, 0.717) is 0 Å². The quantitative estimate of drug-likeness (QED) is 0.490. The molecule has 1 heterocycles. The van der Waals surface area contributed by atoms with Gasteiger partial charge < -0.3 is 0 Å². The molecule has 0 N–H and O–H groups in total. The Morgan fingerprint density at radius 2 is 1.68 bits per heavy atom. The zero-order valence-corrected chi connectivity index (χ0v) is 11.1. The molecule has 0 radical (unpaired) electrons. The maximum Gasteiger partial charge on any atom is 0.187 e. The van der Waals surface area contributed by atoms with E-state index in [1.807, 2.05) is 66.1 Å². The molecular formula is C17H12OS. The number of carbonyl (C=O) groups excluding carboxylic acids is 1. The van der Waals surface area contributed by atoms with Crippen molar-refractivity contribution < 1.29 is 4.79 Å². The average Bonchev–Trinajstić information content (AvgIpc) is 2.90. The van der Waals surface area contributed by atoms with Crippen LogP contribution in [0.5, 0.6) is 0 Å². The van der Waals surface area contributed by atoms with Crippen molar-refractivity contribution in [2.45, 2.75) is 0 Å². The highest BCUT2D eigenvalue weighted by atomic mass is 32.1. The average molecular weight is 264 g/mol. The number of thiophene rings is 1. The Morgan fingerprint density at radius 3 is 2.53 bits per heavy atom. The number of fused-ring (bicyclic) bond motifs is 1. The summed E-state index contributed by atoms with van der Waals surface area (Å²) in [5.41, 5.74) is 1.82. The lowest BCUT2D eigenvalue weighted by Gasteiger charge is -1.94. The van der Waals surface area contributed by atoms with Crippen LogP contribution in [0.3, 0.4) is 0 Å². The topological polar surface area (TPSA) is 17.1 Å². The molecule has 0 bridgehead atoms. The number of benzene rings is 2. The van der Waals surface area contributed by atoms with E-state index in [-0.39, 0.29) is 5.78 Å². The van der Waals surface area contributed by atoms with Crippen molar-refractivity contribution in [2.24, 2.45) is 0 Å². The molecule has 0 amide bonds. The molecule has 0 saturated carbocycles. The fourth-order valence-electron chi connectivity index (χ4n) is 1.99. The predicted octanol–water partition coefficient (Wildman–Crippen LogP) is 4.80. The largest absolute Gasteiger partial charge is 0.289 e. The molecule has 3 aromatic rings. The van der Waals surface area contributed by atoms with Crippen LogP contribution in [0.15, 0.2) is 66.1 Å². The molecule has 1 aromatic heterocycles. The summed E-state index contributed by atoms with van der Waals surface area (Å²) in [7, 11) is 0. The lowest BCUT2D eigenvalue weighted by Crippen LogP contribution is -1.91. The van der Waals surface area contributed by atoms with Crippen LogP contribution in [-0.2, 0) is 0 Å². The first kappa shape index (κ1) is 11.9. The van der Waals surface area contributed by atoms with Crippen molar-refractivity contribution in [2.75, 3.05) is 0 Å². The Bertz CT molecular complexity index is 738. The highest BCUT2D eigenvalue weighted by molar-refractivity contribution is 7.17. The summed E-state index contributed by atoms with van der Waals surface area (Å²) >= 11 is 1.61. The third-order valence-electron chi connectivity index (χ3n) is 2.97. The van der Waals surface area contributed by atoms with Gasteiger partial charge in [-0.05, 0) is 17.7 Å². The van der Waals surface area contributed by atoms with Crippen molar-refractivity contribution in [3.63, 3.8) is 0 Å². The van der Waals surface area contributed by atoms with E-state index in [9.17, 15) is 4.79 Å². The number of carbonyl (C=O) groups is 1. The minimum atomic E-state index is 0.0568. The molecule has 1 nitrogen and oxygen atoms in total. The molecule has 0 spiro atoms. The molecule has 0 aliphatic heterocycles. The van der Waals surface area contributed by atoms with Gasteiger partial charge in [-0.3, -0.25) is 4.79 Å². The van der Waals surface area contributed by atoms with E-state index in [4.69, 9.17) is 0 Å². The van der Waals surface area contributed by atoms with Crippen LogP contribution < -0.4 is 0 Å². The van der Waals surface area contributed by atoms with Crippen LogP contribution in [0.4, 0.5) is 0 Å². The summed E-state index contributed by atoms with van der Waals surface area (Å²) < 4.78 is 1.15. The monoisotopic (exact) mass is 264 g/mol. The highest BCUT2D eigenvalue weighted by Gasteiger charge is 2.08. The molecule has 92 valence electrons. The van der Waals surface area contributed by atoms with Gasteiger partial charge in [-0.2, -0.15) is 0 Å². The SMILES string of the molecule is O=C(C=Cc1ccccc1)c1csc2ccccc12. The van der Waals surface area contributed by atoms with Crippen LogP contribution in [0.2, 0.25) is 0 Å². The van der Waals surface area contributed by atoms with Crippen LogP contribution >= 0.6 is 11.3 Å². The molecule has 0 aliphatic carbocycles. The van der Waals surface area contributed by atoms with Gasteiger partial charge in [0, 0.05) is 21.0 Å². The van der Waals surface area contributed by atoms with Gasteiger partial charge in [0.05, 0.1) is 0 Å². The Labute approximate surface area is 115 Å². The van der Waals surface area contributed by atoms with E-state index in [1.54, 1.807) is 17.4 Å². The molecular weight excluding hydrogens is 252 g/mol. The minimum Gasteiger partial charge on any atom is -0.289 e. The van der Waals surface area contributed by atoms with E-state index >= 15 is 0 Å². The van der Waals surface area contributed by atoms with Gasteiger partial charge in [-0.25, -0.2) is 0 Å². The number of ketones is 1. The van der Waals surface area contributed by atoms with Crippen molar-refractivity contribution in [1.29, 1.82) is 0 Å². The second-order valence-electron chi connectivity index (χ2n) is 4.25. The normalized spacial score (nSPS) is 11.2. The molecule has 0 saturated heterocycles. The van der Waals surface area contributed by atoms with Gasteiger partial charge >= 0.3 is 0 Å². The van der Waals surface area contributed by atoms with Crippen LogP contribution in [0.1, 0.15) is 15.9 Å². The first-order valence-electron chi connectivity index (χ1n) is 6.08. The summed E-state index contributed by atoms with van der Waals surface area (Å²) in [6, 6.07) is 17.8. The molecule has 0 aliphatic rings. The van der Waals surface area contributed by atoms with E-state index in [0.717, 1.165) is 21.2 Å². The lowest BCUT2D eigenvalue weighted by molar-refractivity contribution is 0.104. The maximum atomic E-state index is 12.2. The molecule has 0 fully saturated rings. The molecule has 0 unspecified atom stereocenters. The van der Waals surface area contributed by atoms with Crippen molar-refractivity contribution in [3.05, 3.63) is 77.2 Å². The maximum absolute atomic E-state index is 12.2. The fourth-order valence-corrected chi connectivity index (χ4v) is 2.94. The summed E-state index contributed by atoms with van der Waals surface area (Å²) in [6.07, 6.45) is 3.50. The molecule has 19 heavy (non-hydrogen) atoms. The van der Waals surface area contributed by atoms with Crippen molar-refractivity contribution in [1.82, 2.24) is 0 Å². The second-order valence-corrected chi connectivity index (χ2v) is 5.17. The van der Waals surface area contributed by atoms with Gasteiger partial charge in [-0.15, -0.1) is 11.3 Å². The van der Waals surface area contributed by atoms with Crippen LogP contribution in [0.25, 0.3) is 16.2 Å². The zero-order valence-electron chi connectivity index (χ0n) is 10.2. The first-order chi connectivity index (χ1) is 9.34. The number of rotatable bonds is 3. The third-order valence-corrected chi connectivity index (χ3v) is 3.94. The van der Waals surface area contributed by atoms with Gasteiger partial charge in [-0.1, -0.05) is 54.6 Å². The van der Waals surface area contributed by atoms with Gasteiger partial charge in [0.1, 0.15) is 0 Å². The Hall–Kier alpha value is -2.19. The number of allylic oxidation sites excluding steroid dienone is 1. The second kappa shape index (κ2) is 5.21.